The first-order valence-corrected chi connectivity index (χ1v) is 3.57. The highest BCUT2D eigenvalue weighted by Gasteiger charge is 2.29. The summed E-state index contributed by atoms with van der Waals surface area (Å²) in [6.07, 6.45) is 1.24. The number of hydrogen-bond acceptors (Lipinski definition) is 4. The van der Waals surface area contributed by atoms with Crippen molar-refractivity contribution in [1.82, 2.24) is 5.32 Å². The molecule has 12 heavy (non-hydrogen) atoms. The zero-order valence-electron chi connectivity index (χ0n) is 6.53. The third kappa shape index (κ3) is 0.827. The van der Waals surface area contributed by atoms with E-state index in [1.807, 2.05) is 6.92 Å². The Morgan fingerprint density at radius 1 is 1.67 bits per heavy atom. The van der Waals surface area contributed by atoms with E-state index < -0.39 is 6.17 Å². The highest BCUT2D eigenvalue weighted by molar-refractivity contribution is 6.12. The van der Waals surface area contributed by atoms with Crippen LogP contribution < -0.4 is 11.1 Å². The quantitative estimate of drug-likeness (QED) is 0.489. The van der Waals surface area contributed by atoms with E-state index in [0.717, 1.165) is 5.57 Å². The number of nitrogens with one attached hydrogen (secondary N) is 1. The van der Waals surface area contributed by atoms with Gasteiger partial charge < -0.3 is 5.73 Å². The van der Waals surface area contributed by atoms with Crippen LogP contribution in [-0.2, 0) is 4.79 Å². The van der Waals surface area contributed by atoms with Gasteiger partial charge in [-0.2, -0.15) is 0 Å². The fourth-order valence-corrected chi connectivity index (χ4v) is 1.27. The fraction of sp³-hybridized carbons (Fsp3) is 0.286. The van der Waals surface area contributed by atoms with Crippen LogP contribution >= 0.6 is 0 Å². The van der Waals surface area contributed by atoms with Gasteiger partial charge in [-0.3, -0.25) is 15.1 Å². The van der Waals surface area contributed by atoms with Gasteiger partial charge in [-0.25, -0.2) is 4.99 Å². The molecule has 0 saturated carbocycles. The van der Waals surface area contributed by atoms with Crippen molar-refractivity contribution in [1.29, 1.82) is 0 Å². The minimum atomic E-state index is -0.404. The first-order chi connectivity index (χ1) is 5.68. The van der Waals surface area contributed by atoms with Crippen molar-refractivity contribution >= 4 is 18.1 Å². The van der Waals surface area contributed by atoms with Crippen LogP contribution in [0, 0.1) is 0 Å². The van der Waals surface area contributed by atoms with E-state index in [-0.39, 0.29) is 11.9 Å². The van der Waals surface area contributed by atoms with E-state index in [9.17, 15) is 4.79 Å². The lowest BCUT2D eigenvalue weighted by Crippen LogP contribution is -2.44. The molecule has 2 aliphatic heterocycles. The molecule has 1 atom stereocenters. The summed E-state index contributed by atoms with van der Waals surface area (Å²) in [4.78, 5) is 19.3. The second kappa shape index (κ2) is 2.17. The first kappa shape index (κ1) is 7.02. The molecule has 0 aromatic heterocycles. The van der Waals surface area contributed by atoms with Crippen LogP contribution in [-0.4, -0.2) is 24.2 Å². The molecule has 0 aliphatic carbocycles. The maximum absolute atomic E-state index is 11.3. The zero-order chi connectivity index (χ0) is 8.72. The van der Waals surface area contributed by atoms with E-state index in [1.54, 1.807) is 6.21 Å². The number of rotatable bonds is 0. The summed E-state index contributed by atoms with van der Waals surface area (Å²) >= 11 is 0. The molecule has 0 fully saturated rings. The first-order valence-electron chi connectivity index (χ1n) is 3.57. The summed E-state index contributed by atoms with van der Waals surface area (Å²) in [5, 5.41) is 2.43. The van der Waals surface area contributed by atoms with Gasteiger partial charge in [0.25, 0.3) is 5.91 Å². The molecule has 0 spiro atoms. The van der Waals surface area contributed by atoms with Gasteiger partial charge in [0, 0.05) is 6.21 Å². The number of nitrogens with zero attached hydrogens (tertiary/aromatic N) is 2. The van der Waals surface area contributed by atoms with E-state index in [1.165, 1.54) is 0 Å². The lowest BCUT2D eigenvalue weighted by Gasteiger charge is -2.16. The van der Waals surface area contributed by atoms with Crippen LogP contribution in [0.3, 0.4) is 0 Å². The molecule has 3 N–H and O–H groups in total. The van der Waals surface area contributed by atoms with Gasteiger partial charge in [-0.15, -0.1) is 0 Å². The lowest BCUT2D eigenvalue weighted by molar-refractivity contribution is -0.116. The molecule has 5 nitrogen and oxygen atoms in total. The van der Waals surface area contributed by atoms with Crippen molar-refractivity contribution in [2.45, 2.75) is 13.1 Å². The highest BCUT2D eigenvalue weighted by Crippen LogP contribution is 2.20. The Kier molecular flexibility index (Phi) is 1.27. The maximum Gasteiger partial charge on any atom is 0.258 e. The largest absolute Gasteiger partial charge is 0.370 e. The van der Waals surface area contributed by atoms with Gasteiger partial charge in [0.15, 0.2) is 12.1 Å². The van der Waals surface area contributed by atoms with Crippen LogP contribution in [0.25, 0.3) is 0 Å². The molecule has 62 valence electrons. The molecule has 2 heterocycles. The third-order valence-electron chi connectivity index (χ3n) is 1.84. The molecular weight excluding hydrogens is 156 g/mol. The van der Waals surface area contributed by atoms with Crippen LogP contribution in [0.4, 0.5) is 0 Å². The number of fused-ring (bicyclic) bond motifs is 1. The molecular formula is C7H8N4O. The van der Waals surface area contributed by atoms with Crippen molar-refractivity contribution in [3.05, 3.63) is 11.1 Å². The Morgan fingerprint density at radius 3 is 3.17 bits per heavy atom. The van der Waals surface area contributed by atoms with Gasteiger partial charge in [0.1, 0.15) is 0 Å². The molecule has 0 saturated heterocycles. The minimum absolute atomic E-state index is 0.139. The molecule has 2 aliphatic rings. The molecule has 0 radical (unpaired) electrons. The fourth-order valence-electron chi connectivity index (χ4n) is 1.27. The summed E-state index contributed by atoms with van der Waals surface area (Å²) in [6.45, 7) is 1.83. The van der Waals surface area contributed by atoms with Crippen LogP contribution in [0.5, 0.6) is 0 Å². The molecule has 1 amide bonds. The van der Waals surface area contributed by atoms with Crippen LogP contribution in [0.1, 0.15) is 6.92 Å². The number of nitrogens with two attached hydrogens (primary N) is 1. The maximum atomic E-state index is 11.3. The van der Waals surface area contributed by atoms with E-state index in [2.05, 4.69) is 15.3 Å². The average molecular weight is 164 g/mol. The summed E-state index contributed by atoms with van der Waals surface area (Å²) in [5.74, 6) is -0.0527. The number of allylic oxidation sites excluding steroid dienone is 1. The summed E-state index contributed by atoms with van der Waals surface area (Å²) in [6, 6.07) is 0. The predicted molar refractivity (Wildman–Crippen MR) is 44.7 cm³/mol. The monoisotopic (exact) mass is 164 g/mol. The van der Waals surface area contributed by atoms with E-state index in [4.69, 9.17) is 5.73 Å². The van der Waals surface area contributed by atoms with Crippen molar-refractivity contribution in [2.75, 3.05) is 0 Å². The molecule has 1 unspecified atom stereocenters. The highest BCUT2D eigenvalue weighted by atomic mass is 16.2. The number of guanidine groups is 1. The minimum Gasteiger partial charge on any atom is -0.370 e. The van der Waals surface area contributed by atoms with Gasteiger partial charge in [-0.05, 0) is 12.5 Å². The molecule has 0 bridgehead atoms. The smallest absolute Gasteiger partial charge is 0.258 e. The van der Waals surface area contributed by atoms with E-state index in [0.29, 0.717) is 5.57 Å². The summed E-state index contributed by atoms with van der Waals surface area (Å²) in [5.41, 5.74) is 6.80. The summed E-state index contributed by atoms with van der Waals surface area (Å²) in [7, 11) is 0. The third-order valence-corrected chi connectivity index (χ3v) is 1.84. The Bertz CT molecular complexity index is 339. The normalized spacial score (nSPS) is 26.9. The summed E-state index contributed by atoms with van der Waals surface area (Å²) < 4.78 is 0. The second-order valence-electron chi connectivity index (χ2n) is 2.72. The van der Waals surface area contributed by atoms with Crippen LogP contribution in [0.15, 0.2) is 21.1 Å². The Morgan fingerprint density at radius 2 is 2.42 bits per heavy atom. The molecule has 2 rings (SSSR count). The Labute approximate surface area is 69.1 Å². The lowest BCUT2D eigenvalue weighted by atomic mass is 10.1. The van der Waals surface area contributed by atoms with Crippen molar-refractivity contribution in [2.24, 2.45) is 15.7 Å². The van der Waals surface area contributed by atoms with Gasteiger partial charge in [-0.1, -0.05) is 0 Å². The van der Waals surface area contributed by atoms with Crippen molar-refractivity contribution in [3.63, 3.8) is 0 Å². The molecule has 0 aromatic carbocycles. The number of amides is 1. The standard InChI is InChI=1S/C7H8N4O/c1-3-2-9-5-4(3)6(12)11-7(8)10-5/h2,5H,1H3,(H3,8,10,11,12). The Balaban J connectivity index is 2.48. The van der Waals surface area contributed by atoms with E-state index >= 15 is 0 Å². The second-order valence-corrected chi connectivity index (χ2v) is 2.72. The topological polar surface area (TPSA) is 79.8 Å². The molecule has 0 aromatic rings. The number of aliphatic imine (C=N–C) groups is 2. The molecule has 5 heteroatoms. The zero-order valence-corrected chi connectivity index (χ0v) is 6.53. The van der Waals surface area contributed by atoms with Gasteiger partial charge in [0.05, 0.1) is 5.57 Å². The number of carbonyl (C=O) groups is 1. The predicted octanol–water partition coefficient (Wildman–Crippen LogP) is -0.842. The Hall–Kier alpha value is -1.65. The van der Waals surface area contributed by atoms with Gasteiger partial charge >= 0.3 is 0 Å². The average Bonchev–Trinajstić information content (AvgIpc) is 2.31. The number of carbonyl (C=O) groups excluding carboxylic acids is 1. The van der Waals surface area contributed by atoms with Crippen LogP contribution in [0.2, 0.25) is 0 Å². The SMILES string of the molecule is CC1=C2C(=O)NC(N)=NC2N=C1. The van der Waals surface area contributed by atoms with Crippen molar-refractivity contribution in [3.8, 4) is 0 Å². The van der Waals surface area contributed by atoms with Crippen molar-refractivity contribution < 1.29 is 4.79 Å². The number of hydrogen-bond donors (Lipinski definition) is 2. The van der Waals surface area contributed by atoms with Gasteiger partial charge in [0.2, 0.25) is 0 Å².